The van der Waals surface area contributed by atoms with Gasteiger partial charge in [-0.1, -0.05) is 6.92 Å². The van der Waals surface area contributed by atoms with Crippen LogP contribution in [0.25, 0.3) is 0 Å². The third-order valence-electron chi connectivity index (χ3n) is 3.66. The highest BCUT2D eigenvalue weighted by Crippen LogP contribution is 2.38. The zero-order valence-electron chi connectivity index (χ0n) is 10.4. The van der Waals surface area contributed by atoms with E-state index in [4.69, 9.17) is 5.73 Å². The zero-order valence-corrected chi connectivity index (χ0v) is 11.2. The molecule has 0 saturated heterocycles. The van der Waals surface area contributed by atoms with E-state index in [0.29, 0.717) is 17.4 Å². The van der Waals surface area contributed by atoms with Crippen LogP contribution in [0.2, 0.25) is 0 Å². The Bertz CT molecular complexity index is 469. The summed E-state index contributed by atoms with van der Waals surface area (Å²) < 4.78 is 4.08. The molecule has 0 aliphatic heterocycles. The van der Waals surface area contributed by atoms with Crippen molar-refractivity contribution in [3.63, 3.8) is 0 Å². The number of nitrogens with one attached hydrogen (secondary N) is 2. The number of amides is 1. The second-order valence-electron chi connectivity index (χ2n) is 5.37. The van der Waals surface area contributed by atoms with Gasteiger partial charge in [0, 0.05) is 12.6 Å². The highest BCUT2D eigenvalue weighted by Gasteiger charge is 2.33. The fraction of sp³-hybridized carbons (Fsp3) is 0.667. The van der Waals surface area contributed by atoms with Crippen LogP contribution < -0.4 is 16.4 Å². The lowest BCUT2D eigenvalue weighted by atomic mass is 10.2. The van der Waals surface area contributed by atoms with Crippen molar-refractivity contribution >= 4 is 28.3 Å². The summed E-state index contributed by atoms with van der Waals surface area (Å²) in [6.45, 7) is 3.15. The van der Waals surface area contributed by atoms with Gasteiger partial charge >= 0.3 is 0 Å². The van der Waals surface area contributed by atoms with Gasteiger partial charge in [-0.2, -0.15) is 4.37 Å². The number of nitrogens with two attached hydrogens (primary N) is 1. The van der Waals surface area contributed by atoms with Crippen molar-refractivity contribution in [2.75, 3.05) is 17.6 Å². The molecule has 2 aliphatic carbocycles. The number of nitrogens with zero attached hydrogens (tertiary/aromatic N) is 1. The van der Waals surface area contributed by atoms with E-state index in [0.717, 1.165) is 36.2 Å². The summed E-state index contributed by atoms with van der Waals surface area (Å²) in [6.07, 6.45) is 3.42. The molecule has 4 N–H and O–H groups in total. The maximum Gasteiger partial charge on any atom is 0.258 e. The first kappa shape index (κ1) is 11.8. The zero-order chi connectivity index (χ0) is 12.7. The van der Waals surface area contributed by atoms with E-state index < -0.39 is 0 Å². The molecule has 1 aromatic heterocycles. The third kappa shape index (κ3) is 2.43. The molecule has 0 bridgehead atoms. The van der Waals surface area contributed by atoms with Gasteiger partial charge in [-0.3, -0.25) is 4.79 Å². The molecule has 1 amide bonds. The van der Waals surface area contributed by atoms with Crippen molar-refractivity contribution in [3.05, 3.63) is 5.56 Å². The second kappa shape index (κ2) is 4.42. The Morgan fingerprint density at radius 2 is 2.28 bits per heavy atom. The molecule has 2 fully saturated rings. The van der Waals surface area contributed by atoms with Crippen molar-refractivity contribution in [2.24, 2.45) is 11.8 Å². The van der Waals surface area contributed by atoms with Crippen LogP contribution in [-0.2, 0) is 0 Å². The summed E-state index contributed by atoms with van der Waals surface area (Å²) in [5, 5.41) is 7.08. The number of hydrogen-bond donors (Lipinski definition) is 3. The predicted octanol–water partition coefficient (Wildman–Crippen LogP) is 1.69. The molecule has 3 rings (SSSR count). The van der Waals surface area contributed by atoms with Crippen molar-refractivity contribution in [1.29, 1.82) is 0 Å². The first-order chi connectivity index (χ1) is 8.65. The number of hydrogen-bond acceptors (Lipinski definition) is 5. The minimum Gasteiger partial charge on any atom is -0.382 e. The van der Waals surface area contributed by atoms with Crippen LogP contribution in [0.5, 0.6) is 0 Å². The van der Waals surface area contributed by atoms with Crippen LogP contribution in [0.4, 0.5) is 10.8 Å². The Kier molecular flexibility index (Phi) is 2.89. The molecule has 2 atom stereocenters. The van der Waals surface area contributed by atoms with Crippen LogP contribution in [0.1, 0.15) is 36.5 Å². The van der Waals surface area contributed by atoms with Crippen molar-refractivity contribution in [2.45, 2.75) is 32.2 Å². The first-order valence-corrected chi connectivity index (χ1v) is 7.22. The number of aromatic nitrogens is 1. The van der Waals surface area contributed by atoms with Crippen LogP contribution in [0, 0.1) is 11.8 Å². The minimum absolute atomic E-state index is 0.0879. The van der Waals surface area contributed by atoms with E-state index in [-0.39, 0.29) is 5.91 Å². The average Bonchev–Trinajstić information content (AvgIpc) is 3.21. The molecule has 98 valence electrons. The fourth-order valence-corrected chi connectivity index (χ4v) is 2.75. The molecule has 0 spiro atoms. The molecule has 2 unspecified atom stereocenters. The molecule has 2 aliphatic rings. The maximum absolute atomic E-state index is 12.1. The lowest BCUT2D eigenvalue weighted by Crippen LogP contribution is -2.26. The third-order valence-corrected chi connectivity index (χ3v) is 4.48. The van der Waals surface area contributed by atoms with Gasteiger partial charge in [0.2, 0.25) is 0 Å². The lowest BCUT2D eigenvalue weighted by Gasteiger charge is -2.07. The van der Waals surface area contributed by atoms with E-state index in [1.54, 1.807) is 0 Å². The summed E-state index contributed by atoms with van der Waals surface area (Å²) in [4.78, 5) is 12.1. The fourth-order valence-electron chi connectivity index (χ4n) is 2.04. The van der Waals surface area contributed by atoms with Crippen molar-refractivity contribution in [3.8, 4) is 0 Å². The summed E-state index contributed by atoms with van der Waals surface area (Å²) >= 11 is 1.28. The topological polar surface area (TPSA) is 80.0 Å². The highest BCUT2D eigenvalue weighted by atomic mass is 32.1. The largest absolute Gasteiger partial charge is 0.382 e. The number of rotatable bonds is 5. The van der Waals surface area contributed by atoms with Gasteiger partial charge in [0.1, 0.15) is 10.6 Å². The molecule has 18 heavy (non-hydrogen) atoms. The Labute approximate surface area is 110 Å². The first-order valence-electron chi connectivity index (χ1n) is 6.45. The second-order valence-corrected chi connectivity index (χ2v) is 6.15. The van der Waals surface area contributed by atoms with Gasteiger partial charge in [-0.15, -0.1) is 0 Å². The van der Waals surface area contributed by atoms with Gasteiger partial charge < -0.3 is 16.4 Å². The quantitative estimate of drug-likeness (QED) is 0.757. The van der Waals surface area contributed by atoms with E-state index in [1.165, 1.54) is 18.0 Å². The molecular weight excluding hydrogens is 248 g/mol. The number of carbonyl (C=O) groups is 1. The minimum atomic E-state index is -0.0879. The van der Waals surface area contributed by atoms with Crippen molar-refractivity contribution in [1.82, 2.24) is 9.69 Å². The van der Waals surface area contributed by atoms with Crippen LogP contribution in [-0.4, -0.2) is 22.9 Å². The van der Waals surface area contributed by atoms with Crippen LogP contribution in [0.3, 0.4) is 0 Å². The van der Waals surface area contributed by atoms with E-state index in [9.17, 15) is 4.79 Å². The normalized spacial score (nSPS) is 25.8. The van der Waals surface area contributed by atoms with E-state index >= 15 is 0 Å². The Morgan fingerprint density at radius 3 is 2.89 bits per heavy atom. The van der Waals surface area contributed by atoms with E-state index in [2.05, 4.69) is 21.9 Å². The predicted molar refractivity (Wildman–Crippen MR) is 72.8 cm³/mol. The number of anilines is 2. The highest BCUT2D eigenvalue weighted by molar-refractivity contribution is 7.11. The van der Waals surface area contributed by atoms with Crippen molar-refractivity contribution < 1.29 is 4.79 Å². The van der Waals surface area contributed by atoms with Gasteiger partial charge in [0.15, 0.2) is 5.82 Å². The van der Waals surface area contributed by atoms with Gasteiger partial charge in [0.05, 0.1) is 0 Å². The Hall–Kier alpha value is -1.30. The monoisotopic (exact) mass is 266 g/mol. The number of carbonyl (C=O) groups excluding carboxylic acids is 1. The van der Waals surface area contributed by atoms with Gasteiger partial charge in [-0.05, 0) is 42.6 Å². The summed E-state index contributed by atoms with van der Waals surface area (Å²) in [7, 11) is 0. The lowest BCUT2D eigenvalue weighted by molar-refractivity contribution is 0.0953. The van der Waals surface area contributed by atoms with E-state index in [1.807, 2.05) is 0 Å². The number of nitrogen functional groups attached to an aromatic ring is 1. The standard InChI is InChI=1S/C12H18N4OS/c1-6-4-7(6)5-14-12-9(10(13)16-18-12)11(17)15-8-2-3-8/h6-8,14H,2-5H2,1H3,(H2,13,16)(H,15,17). The molecule has 5 nitrogen and oxygen atoms in total. The molecule has 1 aromatic rings. The summed E-state index contributed by atoms with van der Waals surface area (Å²) in [5.74, 6) is 1.78. The van der Waals surface area contributed by atoms with Crippen LogP contribution >= 0.6 is 11.5 Å². The molecular formula is C12H18N4OS. The molecule has 0 aromatic carbocycles. The molecule has 0 radical (unpaired) electrons. The summed E-state index contributed by atoms with van der Waals surface area (Å²) in [5.41, 5.74) is 6.31. The smallest absolute Gasteiger partial charge is 0.258 e. The summed E-state index contributed by atoms with van der Waals surface area (Å²) in [6, 6.07) is 0.341. The SMILES string of the molecule is CC1CC1CNc1snc(N)c1C(=O)NC1CC1. The Balaban J connectivity index is 1.66. The van der Waals surface area contributed by atoms with Gasteiger partial charge in [0.25, 0.3) is 5.91 Å². The maximum atomic E-state index is 12.1. The average molecular weight is 266 g/mol. The Morgan fingerprint density at radius 1 is 1.56 bits per heavy atom. The molecule has 6 heteroatoms. The molecule has 2 saturated carbocycles. The molecule has 1 heterocycles. The van der Waals surface area contributed by atoms with Crippen LogP contribution in [0.15, 0.2) is 0 Å². The van der Waals surface area contributed by atoms with Gasteiger partial charge in [-0.25, -0.2) is 0 Å².